The molecule has 0 unspecified atom stereocenters. The lowest BCUT2D eigenvalue weighted by molar-refractivity contribution is -0.144. The van der Waals surface area contributed by atoms with E-state index in [1.165, 1.54) is 0 Å². The van der Waals surface area contributed by atoms with E-state index in [4.69, 9.17) is 23.7 Å². The molecule has 0 saturated heterocycles. The molecule has 9 nitrogen and oxygen atoms in total. The van der Waals surface area contributed by atoms with E-state index in [1.807, 2.05) is 6.07 Å². The van der Waals surface area contributed by atoms with Crippen LogP contribution in [0.25, 0.3) is 0 Å². The van der Waals surface area contributed by atoms with E-state index >= 15 is 0 Å². The molecule has 3 rings (SSSR count). The Morgan fingerprint density at radius 1 is 0.773 bits per heavy atom. The number of ether oxygens (including phenoxy) is 5. The van der Waals surface area contributed by atoms with Crippen molar-refractivity contribution in [3.63, 3.8) is 0 Å². The minimum absolute atomic E-state index is 0.0718. The van der Waals surface area contributed by atoms with Gasteiger partial charge in [-0.2, -0.15) is 0 Å². The number of unbranched alkanes of at least 4 members (excludes halogenated alkanes) is 2. The van der Waals surface area contributed by atoms with Gasteiger partial charge in [0.2, 0.25) is 0 Å². The first kappa shape index (κ1) is 34.6. The molecule has 0 aliphatic carbocycles. The SMILES string of the molecule is CCCc1c(OCCCCCOc2ccc(C(=O)CCCC(=O)OCC)cc2CCC(=O)OCC)ccc2c1OCCC2=O. The monoisotopic (exact) mass is 610 g/mol. The Hall–Kier alpha value is -3.88. The summed E-state index contributed by atoms with van der Waals surface area (Å²) in [4.78, 5) is 48.6. The van der Waals surface area contributed by atoms with Gasteiger partial charge >= 0.3 is 11.9 Å². The molecule has 1 heterocycles. The van der Waals surface area contributed by atoms with E-state index in [-0.39, 0.29) is 42.8 Å². The van der Waals surface area contributed by atoms with Gasteiger partial charge in [0.25, 0.3) is 0 Å². The Kier molecular flexibility index (Phi) is 14.7. The zero-order chi connectivity index (χ0) is 31.7. The smallest absolute Gasteiger partial charge is 0.306 e. The number of fused-ring (bicyclic) bond motifs is 1. The van der Waals surface area contributed by atoms with Crippen LogP contribution in [0.2, 0.25) is 0 Å². The summed E-state index contributed by atoms with van der Waals surface area (Å²) in [6.07, 6.45) is 6.07. The van der Waals surface area contributed by atoms with Gasteiger partial charge in [0.1, 0.15) is 17.2 Å². The number of esters is 2. The normalized spacial score (nSPS) is 12.2. The Morgan fingerprint density at radius 2 is 1.45 bits per heavy atom. The maximum atomic E-state index is 12.8. The van der Waals surface area contributed by atoms with Crippen molar-refractivity contribution in [1.82, 2.24) is 0 Å². The number of carbonyl (C=O) groups is 4. The summed E-state index contributed by atoms with van der Waals surface area (Å²) in [7, 11) is 0. The molecule has 44 heavy (non-hydrogen) atoms. The number of Topliss-reactive ketones (excluding diaryl/α,β-unsaturated/α-hetero) is 2. The van der Waals surface area contributed by atoms with Crippen LogP contribution < -0.4 is 14.2 Å². The fourth-order valence-corrected chi connectivity index (χ4v) is 5.07. The summed E-state index contributed by atoms with van der Waals surface area (Å²) >= 11 is 0. The van der Waals surface area contributed by atoms with Gasteiger partial charge in [-0.15, -0.1) is 0 Å². The Bertz CT molecular complexity index is 1270. The van der Waals surface area contributed by atoms with Gasteiger partial charge in [0, 0.05) is 36.8 Å². The van der Waals surface area contributed by atoms with Crippen molar-refractivity contribution in [3.8, 4) is 17.2 Å². The van der Waals surface area contributed by atoms with Crippen molar-refractivity contribution in [2.75, 3.05) is 33.0 Å². The van der Waals surface area contributed by atoms with Gasteiger partial charge in [0.05, 0.1) is 38.6 Å². The fourth-order valence-electron chi connectivity index (χ4n) is 5.07. The molecule has 240 valence electrons. The van der Waals surface area contributed by atoms with Gasteiger partial charge in [0.15, 0.2) is 11.6 Å². The second-order valence-corrected chi connectivity index (χ2v) is 10.7. The molecule has 9 heteroatoms. The van der Waals surface area contributed by atoms with E-state index in [0.717, 1.165) is 49.0 Å². The lowest BCUT2D eigenvalue weighted by Crippen LogP contribution is -2.17. The molecule has 0 atom stereocenters. The predicted molar refractivity (Wildman–Crippen MR) is 166 cm³/mol. The van der Waals surface area contributed by atoms with Crippen molar-refractivity contribution in [1.29, 1.82) is 0 Å². The predicted octanol–water partition coefficient (Wildman–Crippen LogP) is 6.64. The lowest BCUT2D eigenvalue weighted by Gasteiger charge is -2.22. The summed E-state index contributed by atoms with van der Waals surface area (Å²) in [5.41, 5.74) is 2.92. The van der Waals surface area contributed by atoms with E-state index in [2.05, 4.69) is 6.92 Å². The molecule has 0 bridgehead atoms. The van der Waals surface area contributed by atoms with Crippen LogP contribution in [-0.2, 0) is 31.9 Å². The molecule has 2 aromatic carbocycles. The second-order valence-electron chi connectivity index (χ2n) is 10.7. The van der Waals surface area contributed by atoms with Gasteiger partial charge in [-0.1, -0.05) is 13.3 Å². The molecule has 0 saturated carbocycles. The van der Waals surface area contributed by atoms with Crippen LogP contribution in [0.3, 0.4) is 0 Å². The van der Waals surface area contributed by atoms with Crippen LogP contribution in [0, 0.1) is 0 Å². The third kappa shape index (κ3) is 10.7. The molecular weight excluding hydrogens is 564 g/mol. The lowest BCUT2D eigenvalue weighted by atomic mass is 9.98. The van der Waals surface area contributed by atoms with Crippen molar-refractivity contribution >= 4 is 23.5 Å². The zero-order valence-electron chi connectivity index (χ0n) is 26.4. The molecule has 0 N–H and O–H groups in total. The maximum absolute atomic E-state index is 12.8. The van der Waals surface area contributed by atoms with E-state index in [9.17, 15) is 19.2 Å². The molecule has 2 aromatic rings. The van der Waals surface area contributed by atoms with Crippen LogP contribution in [0.15, 0.2) is 30.3 Å². The molecule has 0 fully saturated rings. The first-order valence-electron chi connectivity index (χ1n) is 15.9. The Labute approximate surface area is 260 Å². The number of carbonyl (C=O) groups excluding carboxylic acids is 4. The van der Waals surface area contributed by atoms with E-state index in [0.29, 0.717) is 74.9 Å². The number of hydrogen-bond donors (Lipinski definition) is 0. The zero-order valence-corrected chi connectivity index (χ0v) is 26.4. The van der Waals surface area contributed by atoms with Crippen molar-refractivity contribution in [3.05, 3.63) is 52.6 Å². The van der Waals surface area contributed by atoms with Crippen LogP contribution in [0.5, 0.6) is 17.2 Å². The highest BCUT2D eigenvalue weighted by molar-refractivity contribution is 6.00. The number of benzene rings is 2. The first-order chi connectivity index (χ1) is 21.4. The van der Waals surface area contributed by atoms with Gasteiger partial charge in [-0.05, 0) is 88.3 Å². The topological polar surface area (TPSA) is 114 Å². The molecule has 0 aromatic heterocycles. The standard InChI is InChI=1S/C35H46O9/c1-4-11-28-32(18-16-27-30(37)20-23-44-35(27)28)43-22-9-7-8-21-42-31-17-14-25(24-26(31)15-19-34(39)41-6-3)29(36)12-10-13-33(38)40-5-2/h14,16-18,24H,4-13,15,19-23H2,1-3H3. The van der Waals surface area contributed by atoms with E-state index in [1.54, 1.807) is 38.1 Å². The molecule has 1 aliphatic heterocycles. The van der Waals surface area contributed by atoms with Crippen molar-refractivity contribution in [2.24, 2.45) is 0 Å². The summed E-state index contributed by atoms with van der Waals surface area (Å²) in [6.45, 7) is 7.67. The quantitative estimate of drug-likeness (QED) is 0.0924. The summed E-state index contributed by atoms with van der Waals surface area (Å²) in [5, 5.41) is 0. The molecule has 1 aliphatic rings. The Balaban J connectivity index is 1.50. The molecule has 0 radical (unpaired) electrons. The maximum Gasteiger partial charge on any atom is 0.306 e. The van der Waals surface area contributed by atoms with Crippen molar-refractivity contribution < 1.29 is 42.9 Å². The van der Waals surface area contributed by atoms with Crippen LogP contribution in [0.4, 0.5) is 0 Å². The van der Waals surface area contributed by atoms with Gasteiger partial charge < -0.3 is 23.7 Å². The number of rotatable bonds is 20. The highest BCUT2D eigenvalue weighted by Crippen LogP contribution is 2.36. The largest absolute Gasteiger partial charge is 0.493 e. The molecule has 0 spiro atoms. The summed E-state index contributed by atoms with van der Waals surface area (Å²) in [6, 6.07) is 8.97. The van der Waals surface area contributed by atoms with Gasteiger partial charge in [-0.25, -0.2) is 0 Å². The van der Waals surface area contributed by atoms with Crippen LogP contribution >= 0.6 is 0 Å². The molecular formula is C35H46O9. The summed E-state index contributed by atoms with van der Waals surface area (Å²) in [5.74, 6) is 1.53. The van der Waals surface area contributed by atoms with Crippen LogP contribution in [-0.4, -0.2) is 56.5 Å². The number of hydrogen-bond acceptors (Lipinski definition) is 9. The minimum Gasteiger partial charge on any atom is -0.493 e. The minimum atomic E-state index is -0.308. The average molecular weight is 611 g/mol. The highest BCUT2D eigenvalue weighted by Gasteiger charge is 2.24. The highest BCUT2D eigenvalue weighted by atomic mass is 16.5. The first-order valence-corrected chi connectivity index (χ1v) is 15.9. The number of aryl methyl sites for hydroxylation is 1. The third-order valence-electron chi connectivity index (χ3n) is 7.27. The Morgan fingerprint density at radius 3 is 2.16 bits per heavy atom. The second kappa shape index (κ2) is 18.7. The van der Waals surface area contributed by atoms with Crippen molar-refractivity contribution in [2.45, 2.75) is 91.4 Å². The van der Waals surface area contributed by atoms with E-state index < -0.39 is 0 Å². The third-order valence-corrected chi connectivity index (χ3v) is 7.27. The van der Waals surface area contributed by atoms with Gasteiger partial charge in [-0.3, -0.25) is 19.2 Å². The number of ketones is 2. The fraction of sp³-hybridized carbons (Fsp3) is 0.543. The molecule has 0 amide bonds. The van der Waals surface area contributed by atoms with Crippen LogP contribution in [0.1, 0.15) is 110 Å². The average Bonchev–Trinajstić information content (AvgIpc) is 3.01. The summed E-state index contributed by atoms with van der Waals surface area (Å²) < 4.78 is 28.0.